The van der Waals surface area contributed by atoms with Crippen molar-refractivity contribution >= 4 is 33.1 Å². The molecule has 4 rings (SSSR count). The van der Waals surface area contributed by atoms with E-state index in [1.165, 1.54) is 33.6 Å². The molecule has 2 aromatic carbocycles. The molecule has 0 bridgehead atoms. The van der Waals surface area contributed by atoms with Gasteiger partial charge in [0, 0.05) is 18.7 Å². The van der Waals surface area contributed by atoms with Crippen LogP contribution in [0.4, 0.5) is 5.69 Å². The molecule has 1 atom stereocenters. The summed E-state index contributed by atoms with van der Waals surface area (Å²) in [5.41, 5.74) is 1.25. The number of rotatable bonds is 5. The molecule has 9 heteroatoms. The molecule has 2 aliphatic heterocycles. The fraction of sp³-hybridized carbons (Fsp3) is 0.286. The first kappa shape index (κ1) is 20.4. The van der Waals surface area contributed by atoms with Crippen LogP contribution in [0.1, 0.15) is 17.3 Å². The maximum absolute atomic E-state index is 13.0. The maximum Gasteiger partial charge on any atom is 0.264 e. The number of ether oxygens (including phenoxy) is 1. The van der Waals surface area contributed by atoms with E-state index in [2.05, 4.69) is 5.10 Å². The number of hydrazone groups is 1. The summed E-state index contributed by atoms with van der Waals surface area (Å²) in [7, 11) is -3.65. The monoisotopic (exact) mass is 427 g/mol. The van der Waals surface area contributed by atoms with Crippen LogP contribution in [-0.2, 0) is 19.6 Å². The number of nitrogens with zero attached hydrogens (tertiary/aromatic N) is 3. The maximum atomic E-state index is 13.0. The molecule has 0 unspecified atom stereocenters. The van der Waals surface area contributed by atoms with Gasteiger partial charge in [-0.25, -0.2) is 8.42 Å². The molecular weight excluding hydrogens is 406 g/mol. The molecule has 0 N–H and O–H groups in total. The predicted octanol–water partition coefficient (Wildman–Crippen LogP) is 1.93. The molecule has 1 fully saturated rings. The minimum atomic E-state index is -3.65. The van der Waals surface area contributed by atoms with Crippen LogP contribution >= 0.6 is 0 Å². The Morgan fingerprint density at radius 1 is 1.03 bits per heavy atom. The Morgan fingerprint density at radius 2 is 1.67 bits per heavy atom. The summed E-state index contributed by atoms with van der Waals surface area (Å²) in [5, 5.41) is 5.48. The van der Waals surface area contributed by atoms with E-state index in [-0.39, 0.29) is 10.5 Å². The lowest BCUT2D eigenvalue weighted by atomic mass is 9.94. The highest BCUT2D eigenvalue weighted by atomic mass is 32.2. The molecule has 0 radical (unpaired) electrons. The summed E-state index contributed by atoms with van der Waals surface area (Å²) in [5.74, 6) is -1.85. The van der Waals surface area contributed by atoms with Gasteiger partial charge in [0.2, 0.25) is 10.0 Å². The number of carbonyl (C=O) groups is 2. The Hall–Kier alpha value is -2.88. The van der Waals surface area contributed by atoms with E-state index in [1.54, 1.807) is 31.2 Å². The Morgan fingerprint density at radius 3 is 2.30 bits per heavy atom. The van der Waals surface area contributed by atoms with Gasteiger partial charge in [-0.3, -0.25) is 9.59 Å². The summed E-state index contributed by atoms with van der Waals surface area (Å²) in [4.78, 5) is 25.9. The molecule has 30 heavy (non-hydrogen) atoms. The van der Waals surface area contributed by atoms with Gasteiger partial charge in [-0.15, -0.1) is 0 Å². The topological polar surface area (TPSA) is 96.3 Å². The summed E-state index contributed by atoms with van der Waals surface area (Å²) in [6.07, 6.45) is 0. The average Bonchev–Trinajstić information content (AvgIpc) is 3.08. The van der Waals surface area contributed by atoms with Gasteiger partial charge in [0.1, 0.15) is 5.92 Å². The molecule has 156 valence electrons. The smallest absolute Gasteiger partial charge is 0.264 e. The van der Waals surface area contributed by atoms with Gasteiger partial charge in [-0.05, 0) is 31.2 Å². The molecule has 2 aromatic rings. The third kappa shape index (κ3) is 3.67. The Kier molecular flexibility index (Phi) is 5.50. The normalized spacial score (nSPS) is 20.3. The first-order valence-corrected chi connectivity index (χ1v) is 11.0. The predicted molar refractivity (Wildman–Crippen MR) is 111 cm³/mol. The number of anilines is 1. The van der Waals surface area contributed by atoms with E-state index in [4.69, 9.17) is 4.74 Å². The number of Topliss-reactive ketones (excluding diaryl/α,β-unsaturated/α-hetero) is 1. The van der Waals surface area contributed by atoms with E-state index < -0.39 is 27.6 Å². The van der Waals surface area contributed by atoms with Gasteiger partial charge in [0.25, 0.3) is 5.91 Å². The van der Waals surface area contributed by atoms with E-state index in [0.717, 1.165) is 0 Å². The van der Waals surface area contributed by atoms with E-state index in [1.807, 2.05) is 6.07 Å². The molecule has 0 aromatic heterocycles. The van der Waals surface area contributed by atoms with Crippen molar-refractivity contribution in [1.82, 2.24) is 4.31 Å². The van der Waals surface area contributed by atoms with E-state index >= 15 is 0 Å². The summed E-state index contributed by atoms with van der Waals surface area (Å²) < 4.78 is 32.0. The Bertz CT molecular complexity index is 1090. The number of carbonyl (C=O) groups excluding carboxylic acids is 2. The minimum Gasteiger partial charge on any atom is -0.379 e. The van der Waals surface area contributed by atoms with Crippen molar-refractivity contribution in [3.8, 4) is 0 Å². The molecule has 2 heterocycles. The lowest BCUT2D eigenvalue weighted by molar-refractivity contribution is -0.118. The molecule has 2 aliphatic rings. The van der Waals surface area contributed by atoms with Crippen molar-refractivity contribution in [2.45, 2.75) is 11.8 Å². The van der Waals surface area contributed by atoms with Gasteiger partial charge in [-0.1, -0.05) is 30.3 Å². The zero-order valence-corrected chi connectivity index (χ0v) is 17.2. The van der Waals surface area contributed by atoms with Crippen LogP contribution in [0.3, 0.4) is 0 Å². The SMILES string of the molecule is CC1=NN(c2ccccc2)C(=O)[C@@H]1C(=O)c1ccc(S(=O)(=O)N2CCOCC2)cc1. The number of sulfonamides is 1. The van der Waals surface area contributed by atoms with Crippen molar-refractivity contribution in [3.05, 3.63) is 60.2 Å². The largest absolute Gasteiger partial charge is 0.379 e. The molecular formula is C21H21N3O5S. The van der Waals surface area contributed by atoms with Gasteiger partial charge >= 0.3 is 0 Å². The fourth-order valence-electron chi connectivity index (χ4n) is 3.52. The van der Waals surface area contributed by atoms with Crippen LogP contribution in [0.25, 0.3) is 0 Å². The van der Waals surface area contributed by atoms with Crippen LogP contribution in [0.15, 0.2) is 64.6 Å². The summed E-state index contributed by atoms with van der Waals surface area (Å²) >= 11 is 0. The Labute approximate surface area is 174 Å². The lowest BCUT2D eigenvalue weighted by Crippen LogP contribution is -2.40. The molecule has 0 saturated carbocycles. The minimum absolute atomic E-state index is 0.106. The van der Waals surface area contributed by atoms with E-state index in [9.17, 15) is 18.0 Å². The first-order chi connectivity index (χ1) is 14.4. The molecule has 0 spiro atoms. The van der Waals surface area contributed by atoms with Crippen LogP contribution in [-0.4, -0.2) is 56.4 Å². The number of para-hydroxylation sites is 1. The third-order valence-corrected chi connectivity index (χ3v) is 7.05. The standard InChI is InChI=1S/C21H21N3O5S/c1-15-19(21(26)24(22-15)17-5-3-2-4-6-17)20(25)16-7-9-18(10-8-16)30(27,28)23-11-13-29-14-12-23/h2-10,19H,11-14H2,1H3/t19-/m0/s1. The zero-order valence-electron chi connectivity index (χ0n) is 16.4. The lowest BCUT2D eigenvalue weighted by Gasteiger charge is -2.26. The number of hydrogen-bond acceptors (Lipinski definition) is 6. The fourth-order valence-corrected chi connectivity index (χ4v) is 4.92. The van der Waals surface area contributed by atoms with Crippen molar-refractivity contribution in [1.29, 1.82) is 0 Å². The number of morpholine rings is 1. The molecule has 1 amide bonds. The van der Waals surface area contributed by atoms with Crippen LogP contribution in [0.5, 0.6) is 0 Å². The zero-order chi connectivity index (χ0) is 21.3. The molecule has 8 nitrogen and oxygen atoms in total. The quantitative estimate of drug-likeness (QED) is 0.537. The van der Waals surface area contributed by atoms with Crippen molar-refractivity contribution in [3.63, 3.8) is 0 Å². The van der Waals surface area contributed by atoms with Gasteiger partial charge < -0.3 is 4.74 Å². The number of benzene rings is 2. The van der Waals surface area contributed by atoms with Gasteiger partial charge in [-0.2, -0.15) is 14.4 Å². The highest BCUT2D eigenvalue weighted by Gasteiger charge is 2.40. The number of hydrogen-bond donors (Lipinski definition) is 0. The molecule has 0 aliphatic carbocycles. The second kappa shape index (κ2) is 8.10. The van der Waals surface area contributed by atoms with Crippen molar-refractivity contribution in [2.24, 2.45) is 11.0 Å². The number of amides is 1. The van der Waals surface area contributed by atoms with Gasteiger partial charge in [0.05, 0.1) is 29.5 Å². The van der Waals surface area contributed by atoms with Crippen LogP contribution in [0.2, 0.25) is 0 Å². The highest BCUT2D eigenvalue weighted by molar-refractivity contribution is 7.89. The van der Waals surface area contributed by atoms with Crippen LogP contribution < -0.4 is 5.01 Å². The summed E-state index contributed by atoms with van der Waals surface area (Å²) in [6.45, 7) is 2.95. The van der Waals surface area contributed by atoms with Crippen molar-refractivity contribution < 1.29 is 22.7 Å². The Balaban J connectivity index is 1.54. The number of ketones is 1. The van der Waals surface area contributed by atoms with E-state index in [0.29, 0.717) is 37.7 Å². The third-order valence-electron chi connectivity index (χ3n) is 5.14. The van der Waals surface area contributed by atoms with Gasteiger partial charge in [0.15, 0.2) is 5.78 Å². The van der Waals surface area contributed by atoms with Crippen LogP contribution in [0, 0.1) is 5.92 Å². The van der Waals surface area contributed by atoms with Crippen molar-refractivity contribution in [2.75, 3.05) is 31.3 Å². The second-order valence-corrected chi connectivity index (χ2v) is 9.00. The highest BCUT2D eigenvalue weighted by Crippen LogP contribution is 2.27. The molecule has 1 saturated heterocycles. The second-order valence-electron chi connectivity index (χ2n) is 7.07. The average molecular weight is 427 g/mol. The summed E-state index contributed by atoms with van der Waals surface area (Å²) in [6, 6.07) is 14.6. The first-order valence-electron chi connectivity index (χ1n) is 9.56.